The first-order chi connectivity index (χ1) is 12.1. The average molecular weight is 344 g/mol. The maximum atomic E-state index is 11.9. The molecule has 0 saturated heterocycles. The van der Waals surface area contributed by atoms with Gasteiger partial charge in [-0.2, -0.15) is 0 Å². The number of aromatic nitrogens is 1. The van der Waals surface area contributed by atoms with Crippen LogP contribution in [-0.4, -0.2) is 45.4 Å². The number of nitrogens with one attached hydrogen (secondary N) is 2. The van der Waals surface area contributed by atoms with E-state index in [0.29, 0.717) is 25.4 Å². The van der Waals surface area contributed by atoms with E-state index in [0.717, 1.165) is 17.1 Å². The predicted molar refractivity (Wildman–Crippen MR) is 98.2 cm³/mol. The second-order valence-corrected chi connectivity index (χ2v) is 5.59. The van der Waals surface area contributed by atoms with Crippen LogP contribution in [0.3, 0.4) is 0 Å². The van der Waals surface area contributed by atoms with Crippen LogP contribution >= 0.6 is 0 Å². The van der Waals surface area contributed by atoms with Crippen molar-refractivity contribution in [1.29, 1.82) is 0 Å². The lowest BCUT2D eigenvalue weighted by molar-refractivity contribution is 0.146. The molecule has 0 radical (unpaired) electrons. The van der Waals surface area contributed by atoms with Gasteiger partial charge in [0.25, 0.3) is 0 Å². The molecule has 0 aliphatic heterocycles. The third-order valence-electron chi connectivity index (χ3n) is 3.40. The van der Waals surface area contributed by atoms with Crippen LogP contribution in [0.2, 0.25) is 0 Å². The largest absolute Gasteiger partial charge is 0.491 e. The molecule has 1 heterocycles. The first-order valence-electron chi connectivity index (χ1n) is 7.97. The Bertz CT molecular complexity index is 657. The second kappa shape index (κ2) is 9.48. The Morgan fingerprint density at radius 3 is 2.48 bits per heavy atom. The van der Waals surface area contributed by atoms with E-state index in [2.05, 4.69) is 15.6 Å². The summed E-state index contributed by atoms with van der Waals surface area (Å²) in [5, 5.41) is 5.56. The van der Waals surface area contributed by atoms with Gasteiger partial charge in [0.15, 0.2) is 0 Å². The standard InChI is InChI=1S/C18H24N4O3/c1-22(2)17-9-6-15(13-19-17)21-18(23)20-12-14-4-7-16(8-5-14)25-11-10-24-3/h4-9,13H,10-12H2,1-3H3,(H2,20,21,23). The molecule has 0 aliphatic rings. The van der Waals surface area contributed by atoms with Gasteiger partial charge in [0.1, 0.15) is 18.2 Å². The smallest absolute Gasteiger partial charge is 0.319 e. The molecule has 25 heavy (non-hydrogen) atoms. The van der Waals surface area contributed by atoms with Crippen LogP contribution in [0.25, 0.3) is 0 Å². The molecular formula is C18H24N4O3. The fourth-order valence-corrected chi connectivity index (χ4v) is 2.03. The number of benzene rings is 1. The van der Waals surface area contributed by atoms with Gasteiger partial charge in [0.2, 0.25) is 0 Å². The molecule has 7 nitrogen and oxygen atoms in total. The van der Waals surface area contributed by atoms with Crippen molar-refractivity contribution >= 4 is 17.5 Å². The zero-order valence-electron chi connectivity index (χ0n) is 14.8. The van der Waals surface area contributed by atoms with Crippen LogP contribution in [0.1, 0.15) is 5.56 Å². The number of ether oxygens (including phenoxy) is 2. The third kappa shape index (κ3) is 6.31. The molecule has 0 aliphatic carbocycles. The summed E-state index contributed by atoms with van der Waals surface area (Å²) in [6.07, 6.45) is 1.63. The molecule has 1 aromatic carbocycles. The monoisotopic (exact) mass is 344 g/mol. The van der Waals surface area contributed by atoms with E-state index < -0.39 is 0 Å². The fraction of sp³-hybridized carbons (Fsp3) is 0.333. The minimum absolute atomic E-state index is 0.278. The Morgan fingerprint density at radius 1 is 1.12 bits per heavy atom. The summed E-state index contributed by atoms with van der Waals surface area (Å²) in [6, 6.07) is 10.9. The van der Waals surface area contributed by atoms with Crippen LogP contribution in [0.5, 0.6) is 5.75 Å². The van der Waals surface area contributed by atoms with Crippen molar-refractivity contribution in [3.8, 4) is 5.75 Å². The van der Waals surface area contributed by atoms with E-state index in [-0.39, 0.29) is 6.03 Å². The van der Waals surface area contributed by atoms with E-state index in [1.165, 1.54) is 0 Å². The molecule has 2 aromatic rings. The fourth-order valence-electron chi connectivity index (χ4n) is 2.03. The van der Waals surface area contributed by atoms with Gasteiger partial charge in [-0.3, -0.25) is 0 Å². The maximum absolute atomic E-state index is 11.9. The number of carbonyl (C=O) groups is 1. The van der Waals surface area contributed by atoms with E-state index in [1.807, 2.05) is 55.4 Å². The number of methoxy groups -OCH3 is 1. The van der Waals surface area contributed by atoms with Crippen molar-refractivity contribution in [3.05, 3.63) is 48.2 Å². The lowest BCUT2D eigenvalue weighted by atomic mass is 10.2. The zero-order valence-corrected chi connectivity index (χ0v) is 14.8. The molecule has 0 unspecified atom stereocenters. The van der Waals surface area contributed by atoms with Crippen LogP contribution in [-0.2, 0) is 11.3 Å². The van der Waals surface area contributed by atoms with Gasteiger partial charge in [-0.1, -0.05) is 12.1 Å². The van der Waals surface area contributed by atoms with E-state index >= 15 is 0 Å². The molecular weight excluding hydrogens is 320 g/mol. The van der Waals surface area contributed by atoms with Crippen molar-refractivity contribution in [2.75, 3.05) is 44.6 Å². The Kier molecular flexibility index (Phi) is 7.03. The lowest BCUT2D eigenvalue weighted by Crippen LogP contribution is -2.28. The average Bonchev–Trinajstić information content (AvgIpc) is 2.62. The molecule has 7 heteroatoms. The SMILES string of the molecule is COCCOc1ccc(CNC(=O)Nc2ccc(N(C)C)nc2)cc1. The molecule has 134 valence electrons. The number of anilines is 2. The molecule has 0 bridgehead atoms. The summed E-state index contributed by atoms with van der Waals surface area (Å²) in [4.78, 5) is 18.1. The van der Waals surface area contributed by atoms with Crippen LogP contribution < -0.4 is 20.3 Å². The molecule has 2 rings (SSSR count). The normalized spacial score (nSPS) is 10.2. The summed E-state index contributed by atoms with van der Waals surface area (Å²) >= 11 is 0. The number of amides is 2. The van der Waals surface area contributed by atoms with Gasteiger partial charge in [-0.25, -0.2) is 9.78 Å². The number of pyridine rings is 1. The quantitative estimate of drug-likeness (QED) is 0.720. The highest BCUT2D eigenvalue weighted by Crippen LogP contribution is 2.13. The zero-order chi connectivity index (χ0) is 18.1. The first-order valence-corrected chi connectivity index (χ1v) is 7.97. The van der Waals surface area contributed by atoms with Crippen LogP contribution in [0.4, 0.5) is 16.3 Å². The topological polar surface area (TPSA) is 75.7 Å². The molecule has 2 amide bonds. The Balaban J connectivity index is 1.77. The third-order valence-corrected chi connectivity index (χ3v) is 3.40. The number of hydrogen-bond donors (Lipinski definition) is 2. The minimum Gasteiger partial charge on any atom is -0.491 e. The number of carbonyl (C=O) groups excluding carboxylic acids is 1. The Morgan fingerprint density at radius 2 is 1.88 bits per heavy atom. The van der Waals surface area contributed by atoms with Gasteiger partial charge < -0.3 is 25.0 Å². The molecule has 0 atom stereocenters. The Hall–Kier alpha value is -2.80. The molecule has 0 fully saturated rings. The number of nitrogens with zero attached hydrogens (tertiary/aromatic N) is 2. The van der Waals surface area contributed by atoms with E-state index in [1.54, 1.807) is 13.3 Å². The number of rotatable bonds is 8. The van der Waals surface area contributed by atoms with Gasteiger partial charge in [-0.05, 0) is 29.8 Å². The minimum atomic E-state index is -0.278. The Labute approximate surface area is 148 Å². The van der Waals surface area contributed by atoms with E-state index in [9.17, 15) is 4.79 Å². The first kappa shape index (κ1) is 18.5. The maximum Gasteiger partial charge on any atom is 0.319 e. The van der Waals surface area contributed by atoms with Gasteiger partial charge >= 0.3 is 6.03 Å². The molecule has 0 saturated carbocycles. The summed E-state index contributed by atoms with van der Waals surface area (Å²) in [5.41, 5.74) is 1.63. The number of hydrogen-bond acceptors (Lipinski definition) is 5. The summed E-state index contributed by atoms with van der Waals surface area (Å²) < 4.78 is 10.4. The highest BCUT2D eigenvalue weighted by molar-refractivity contribution is 5.89. The predicted octanol–water partition coefficient (Wildman–Crippen LogP) is 2.49. The van der Waals surface area contributed by atoms with Gasteiger partial charge in [0, 0.05) is 27.7 Å². The summed E-state index contributed by atoms with van der Waals surface area (Å²) in [5.74, 6) is 1.61. The van der Waals surface area contributed by atoms with E-state index in [4.69, 9.17) is 9.47 Å². The highest BCUT2D eigenvalue weighted by Gasteiger charge is 2.03. The summed E-state index contributed by atoms with van der Waals surface area (Å²) in [7, 11) is 5.46. The highest BCUT2D eigenvalue weighted by atomic mass is 16.5. The van der Waals surface area contributed by atoms with Crippen molar-refractivity contribution in [2.24, 2.45) is 0 Å². The molecule has 1 aromatic heterocycles. The van der Waals surface area contributed by atoms with Crippen molar-refractivity contribution in [3.63, 3.8) is 0 Å². The van der Waals surface area contributed by atoms with Gasteiger partial charge in [-0.15, -0.1) is 0 Å². The second-order valence-electron chi connectivity index (χ2n) is 5.59. The van der Waals surface area contributed by atoms with Crippen molar-refractivity contribution < 1.29 is 14.3 Å². The van der Waals surface area contributed by atoms with Crippen LogP contribution in [0, 0.1) is 0 Å². The number of urea groups is 1. The lowest BCUT2D eigenvalue weighted by Gasteiger charge is -2.12. The van der Waals surface area contributed by atoms with Crippen molar-refractivity contribution in [2.45, 2.75) is 6.54 Å². The summed E-state index contributed by atoms with van der Waals surface area (Å²) in [6.45, 7) is 1.48. The van der Waals surface area contributed by atoms with Gasteiger partial charge in [0.05, 0.1) is 18.5 Å². The van der Waals surface area contributed by atoms with Crippen LogP contribution in [0.15, 0.2) is 42.6 Å². The molecule has 2 N–H and O–H groups in total. The van der Waals surface area contributed by atoms with Crippen molar-refractivity contribution in [1.82, 2.24) is 10.3 Å². The molecule has 0 spiro atoms.